The Hall–Kier alpha value is -1.44. The van der Waals surface area contributed by atoms with Crippen molar-refractivity contribution in [3.63, 3.8) is 0 Å². The van der Waals surface area contributed by atoms with E-state index in [-0.39, 0.29) is 24.8 Å². The fourth-order valence-corrected chi connectivity index (χ4v) is 9.02. The van der Waals surface area contributed by atoms with Gasteiger partial charge >= 0.3 is 215 Å². The molecule has 0 saturated heterocycles. The maximum absolute atomic E-state index is 2.55. The van der Waals surface area contributed by atoms with E-state index in [0.717, 1.165) is 0 Å². The molecule has 0 aliphatic heterocycles. The van der Waals surface area contributed by atoms with Gasteiger partial charge in [-0.1, -0.05) is 0 Å². The van der Waals surface area contributed by atoms with Crippen LogP contribution < -0.4 is 30.0 Å². The summed E-state index contributed by atoms with van der Waals surface area (Å²) in [5.74, 6) is 0.404. The number of halogens is 2. The second kappa shape index (κ2) is 10.5. The van der Waals surface area contributed by atoms with Crippen molar-refractivity contribution in [2.75, 3.05) is 0 Å². The summed E-state index contributed by atoms with van der Waals surface area (Å²) in [5, 5.41) is 4.43. The van der Waals surface area contributed by atoms with Gasteiger partial charge in [-0.3, -0.25) is 0 Å². The Morgan fingerprint density at radius 3 is 2.29 bits per heavy atom. The molecule has 2 unspecified atom stereocenters. The van der Waals surface area contributed by atoms with Crippen LogP contribution in [-0.4, -0.2) is 8.80 Å². The molecule has 2 aliphatic rings. The first-order valence-electron chi connectivity index (χ1n) is 12.3. The van der Waals surface area contributed by atoms with Gasteiger partial charge in [-0.05, 0) is 0 Å². The van der Waals surface area contributed by atoms with Gasteiger partial charge in [0.05, 0.1) is 0 Å². The van der Waals surface area contributed by atoms with Gasteiger partial charge in [-0.15, -0.1) is 0 Å². The third-order valence-corrected chi connectivity index (χ3v) is 10.9. The fraction of sp³-hybridized carbons (Fsp3) is 0.226. The first kappa shape index (κ1) is 26.6. The Labute approximate surface area is 238 Å². The summed E-state index contributed by atoms with van der Waals surface area (Å²) in [4.78, 5) is 0. The van der Waals surface area contributed by atoms with Gasteiger partial charge in [0.25, 0.3) is 0 Å². The Balaban J connectivity index is 0.00000144. The molecule has 0 bridgehead atoms. The molecule has 0 N–H and O–H groups in total. The standard InChI is InChI=1S/C31H29Si.2ClH.Zr/c1-4-9-22-19-27-23-12-7-5-10-20(23)14-15-26(27)30(22)31-28-18-21-11-6-8-13-24(21)25(28)16-17-29(31)32(2)3;;;/h5-8,10-19,30,32H,4,9H2,1-3H3;2*1H;/q;;;+2/p-2. The number of hydrogen-bond acceptors (Lipinski definition) is 0. The summed E-state index contributed by atoms with van der Waals surface area (Å²) < 4.78 is 0.540. The number of hydrogen-bond donors (Lipinski definition) is 0. The van der Waals surface area contributed by atoms with Crippen LogP contribution in [0.4, 0.5) is 0 Å². The normalized spacial score (nSPS) is 17.4. The van der Waals surface area contributed by atoms with E-state index in [2.05, 4.69) is 98.9 Å². The summed E-state index contributed by atoms with van der Waals surface area (Å²) in [6.45, 7) is 7.34. The quantitative estimate of drug-likeness (QED) is 0.316. The molecule has 0 heterocycles. The van der Waals surface area contributed by atoms with E-state index in [4.69, 9.17) is 0 Å². The topological polar surface area (TPSA) is 0 Å². The number of rotatable bonds is 4. The largest absolute Gasteiger partial charge is 1.00 e. The summed E-state index contributed by atoms with van der Waals surface area (Å²) >= 11 is 1.60. The van der Waals surface area contributed by atoms with E-state index in [0.29, 0.717) is 9.54 Å². The van der Waals surface area contributed by atoms with Crippen molar-refractivity contribution in [2.24, 2.45) is 0 Å². The van der Waals surface area contributed by atoms with Gasteiger partial charge in [0.2, 0.25) is 0 Å². The molecular formula is C31H29Cl2SiZr. The van der Waals surface area contributed by atoms with E-state index in [1.807, 2.05) is 0 Å². The molecule has 175 valence electrons. The molecule has 0 radical (unpaired) electrons. The molecule has 2 aliphatic carbocycles. The van der Waals surface area contributed by atoms with Gasteiger partial charge < -0.3 is 24.8 Å². The molecule has 0 saturated carbocycles. The van der Waals surface area contributed by atoms with Crippen molar-refractivity contribution >= 4 is 30.8 Å². The van der Waals surface area contributed by atoms with Crippen molar-refractivity contribution in [2.45, 2.75) is 42.4 Å². The molecule has 4 heteroatoms. The van der Waals surface area contributed by atoms with Crippen LogP contribution >= 0.6 is 0 Å². The van der Waals surface area contributed by atoms with E-state index in [1.54, 1.807) is 46.6 Å². The molecule has 0 fully saturated rings. The summed E-state index contributed by atoms with van der Waals surface area (Å²) in [7, 11) is -1.01. The number of allylic oxidation sites excluding steroid dienone is 1. The molecule has 0 spiro atoms. The van der Waals surface area contributed by atoms with Crippen molar-refractivity contribution in [3.8, 4) is 11.1 Å². The van der Waals surface area contributed by atoms with Crippen LogP contribution in [0.2, 0.25) is 13.1 Å². The minimum atomic E-state index is -1.01. The molecule has 0 amide bonds. The number of fused-ring (bicyclic) bond motifs is 6. The Bertz CT molecular complexity index is 1440. The van der Waals surface area contributed by atoms with E-state index in [1.165, 1.54) is 51.4 Å². The molecule has 2 atom stereocenters. The predicted octanol–water partition coefficient (Wildman–Crippen LogP) is 1.49. The second-order valence-electron chi connectivity index (χ2n) is 9.90. The monoisotopic (exact) mass is 589 g/mol. The van der Waals surface area contributed by atoms with Crippen molar-refractivity contribution in [1.82, 2.24) is 0 Å². The molecule has 0 nitrogen and oxygen atoms in total. The first-order chi connectivity index (χ1) is 16.1. The van der Waals surface area contributed by atoms with Crippen LogP contribution in [0.25, 0.3) is 28.0 Å². The molecular weight excluding hydrogens is 563 g/mol. The molecule has 6 rings (SSSR count). The van der Waals surface area contributed by atoms with Gasteiger partial charge in [0.1, 0.15) is 0 Å². The average Bonchev–Trinajstić information content (AvgIpc) is 3.34. The Morgan fingerprint density at radius 1 is 0.771 bits per heavy atom. The van der Waals surface area contributed by atoms with E-state index >= 15 is 0 Å². The van der Waals surface area contributed by atoms with Crippen LogP contribution in [0.15, 0.2) is 78.4 Å². The molecule has 4 aromatic rings. The molecule has 4 aromatic carbocycles. The van der Waals surface area contributed by atoms with Crippen molar-refractivity contribution < 1.29 is 49.5 Å². The molecule has 0 aromatic heterocycles. The van der Waals surface area contributed by atoms with E-state index < -0.39 is 8.80 Å². The summed E-state index contributed by atoms with van der Waals surface area (Å²) in [6, 6.07) is 27.8. The fourth-order valence-electron chi connectivity index (χ4n) is 6.21. The minimum absolute atomic E-state index is 0. The van der Waals surface area contributed by atoms with Crippen LogP contribution in [-0.2, 0) is 24.7 Å². The van der Waals surface area contributed by atoms with Gasteiger partial charge in [-0.25, -0.2) is 0 Å². The maximum Gasteiger partial charge on any atom is -1.00 e. The first-order valence-corrected chi connectivity index (χ1v) is 16.6. The maximum atomic E-state index is 2.55. The van der Waals surface area contributed by atoms with Crippen molar-refractivity contribution in [3.05, 3.63) is 106 Å². The zero-order valence-electron chi connectivity index (χ0n) is 20.4. The average molecular weight is 592 g/mol. The van der Waals surface area contributed by atoms with Gasteiger partial charge in [0, 0.05) is 0 Å². The third-order valence-electron chi connectivity index (χ3n) is 7.64. The van der Waals surface area contributed by atoms with E-state index in [9.17, 15) is 0 Å². The van der Waals surface area contributed by atoms with Crippen LogP contribution in [0, 0.1) is 0 Å². The van der Waals surface area contributed by atoms with Gasteiger partial charge in [0.15, 0.2) is 0 Å². The predicted molar refractivity (Wildman–Crippen MR) is 141 cm³/mol. The van der Waals surface area contributed by atoms with Gasteiger partial charge in [-0.2, -0.15) is 0 Å². The van der Waals surface area contributed by atoms with Crippen LogP contribution in [0.5, 0.6) is 0 Å². The van der Waals surface area contributed by atoms with Crippen LogP contribution in [0.1, 0.15) is 57.1 Å². The number of benzene rings is 4. The summed E-state index contributed by atoms with van der Waals surface area (Å²) in [5.41, 5.74) is 12.4. The minimum Gasteiger partial charge on any atom is -1.00 e. The third kappa shape index (κ3) is 4.15. The van der Waals surface area contributed by atoms with Crippen molar-refractivity contribution in [1.29, 1.82) is 0 Å². The zero-order valence-corrected chi connectivity index (χ0v) is 25.5. The SMILES string of the molecule is CCCC1=Cc2c(ccc3ccccc23)C1c1c([SiH](C)C)ccc2c1[CH]([Zr+2])c1ccccc1-2.[Cl-].[Cl-]. The zero-order chi connectivity index (χ0) is 22.7. The van der Waals surface area contributed by atoms with Crippen LogP contribution in [0.3, 0.4) is 0 Å². The Morgan fingerprint density at radius 2 is 1.51 bits per heavy atom. The molecule has 35 heavy (non-hydrogen) atoms. The Kier molecular flexibility index (Phi) is 7.99. The second-order valence-corrected chi connectivity index (χ2v) is 14.2. The smallest absolute Gasteiger partial charge is 1.00 e. The summed E-state index contributed by atoms with van der Waals surface area (Å²) in [6.07, 6.45) is 4.92.